The zero-order valence-corrected chi connectivity index (χ0v) is 13.3. The second-order valence-corrected chi connectivity index (χ2v) is 5.44. The van der Waals surface area contributed by atoms with E-state index in [-0.39, 0.29) is 29.9 Å². The zero-order chi connectivity index (χ0) is 16.9. The Bertz CT molecular complexity index is 859. The van der Waals surface area contributed by atoms with Gasteiger partial charge in [0.1, 0.15) is 6.73 Å². The number of hydrogen-bond acceptors (Lipinski definition) is 6. The lowest BCUT2D eigenvalue weighted by atomic mass is 10.2. The minimum atomic E-state index is -0.365. The molecular weight excluding hydrogens is 310 g/mol. The fraction of sp³-hybridized carbons (Fsp3) is 0.312. The largest absolute Gasteiger partial charge is 0.374 e. The number of nitrogen functional groups attached to an aromatic ring is 1. The molecule has 1 aromatic carbocycles. The van der Waals surface area contributed by atoms with Crippen LogP contribution in [0.3, 0.4) is 0 Å². The Balaban J connectivity index is 1.53. The van der Waals surface area contributed by atoms with Crippen LogP contribution in [-0.2, 0) is 22.8 Å². The van der Waals surface area contributed by atoms with Crippen molar-refractivity contribution in [2.24, 2.45) is 0 Å². The third-order valence-electron chi connectivity index (χ3n) is 3.46. The van der Waals surface area contributed by atoms with E-state index in [1.807, 2.05) is 37.3 Å². The number of ether oxygens (including phenoxy) is 2. The van der Waals surface area contributed by atoms with Crippen LogP contribution in [0.2, 0.25) is 0 Å². The Morgan fingerprint density at radius 3 is 2.92 bits per heavy atom. The van der Waals surface area contributed by atoms with Crippen molar-refractivity contribution in [2.45, 2.75) is 26.4 Å². The van der Waals surface area contributed by atoms with Gasteiger partial charge in [-0.05, 0) is 12.5 Å². The molecule has 0 aliphatic carbocycles. The number of rotatable bonds is 7. The van der Waals surface area contributed by atoms with E-state index in [4.69, 9.17) is 15.2 Å². The number of hydrogen-bond donors (Lipinski definition) is 2. The van der Waals surface area contributed by atoms with E-state index in [9.17, 15) is 4.79 Å². The average Bonchev–Trinajstić information content (AvgIpc) is 2.97. The number of nitrogens with one attached hydrogen (secondary N) is 1. The van der Waals surface area contributed by atoms with Gasteiger partial charge >= 0.3 is 0 Å². The first-order chi connectivity index (χ1) is 11.6. The molecule has 0 fully saturated rings. The molecule has 2 heterocycles. The van der Waals surface area contributed by atoms with Gasteiger partial charge in [-0.2, -0.15) is 4.98 Å². The monoisotopic (exact) mass is 329 g/mol. The third kappa shape index (κ3) is 3.79. The van der Waals surface area contributed by atoms with Gasteiger partial charge in [0.25, 0.3) is 5.56 Å². The molecule has 3 rings (SSSR count). The Morgan fingerprint density at radius 1 is 1.33 bits per heavy atom. The van der Waals surface area contributed by atoms with Gasteiger partial charge < -0.3 is 15.2 Å². The number of nitrogens with zero attached hydrogens (tertiary/aromatic N) is 3. The van der Waals surface area contributed by atoms with E-state index in [2.05, 4.69) is 15.0 Å². The standard InChI is InChI=1S/C16H19N5O3/c1-11(7-23-8-12-5-3-2-4-6-12)24-10-21-9-18-13-14(21)19-16(17)20-15(13)22/h2-6,9,11H,7-8,10H2,1H3,(H3,17,19,20,22). The van der Waals surface area contributed by atoms with Crippen molar-refractivity contribution in [3.63, 3.8) is 0 Å². The Kier molecular flexibility index (Phi) is 4.88. The predicted octanol–water partition coefficient (Wildman–Crippen LogP) is 1.28. The predicted molar refractivity (Wildman–Crippen MR) is 89.2 cm³/mol. The molecule has 0 saturated heterocycles. The zero-order valence-electron chi connectivity index (χ0n) is 13.3. The molecule has 0 aliphatic heterocycles. The maximum atomic E-state index is 11.7. The number of nitrogens with two attached hydrogens (primary N) is 1. The number of H-pyrrole nitrogens is 1. The average molecular weight is 329 g/mol. The number of imidazole rings is 1. The van der Waals surface area contributed by atoms with Crippen LogP contribution in [0.15, 0.2) is 41.5 Å². The molecule has 3 N–H and O–H groups in total. The maximum absolute atomic E-state index is 11.7. The van der Waals surface area contributed by atoms with Crippen LogP contribution >= 0.6 is 0 Å². The normalized spacial score (nSPS) is 12.5. The second kappa shape index (κ2) is 7.24. The van der Waals surface area contributed by atoms with Crippen molar-refractivity contribution in [1.29, 1.82) is 0 Å². The lowest BCUT2D eigenvalue weighted by Gasteiger charge is -2.14. The van der Waals surface area contributed by atoms with Crippen LogP contribution in [0.5, 0.6) is 0 Å². The van der Waals surface area contributed by atoms with Crippen molar-refractivity contribution in [3.8, 4) is 0 Å². The first-order valence-corrected chi connectivity index (χ1v) is 7.57. The molecule has 0 amide bonds. The van der Waals surface area contributed by atoms with Crippen molar-refractivity contribution >= 4 is 17.1 Å². The maximum Gasteiger partial charge on any atom is 0.280 e. The van der Waals surface area contributed by atoms with Crippen molar-refractivity contribution in [3.05, 3.63) is 52.6 Å². The molecule has 126 valence electrons. The molecule has 0 radical (unpaired) electrons. The topological polar surface area (TPSA) is 108 Å². The summed E-state index contributed by atoms with van der Waals surface area (Å²) in [6, 6.07) is 9.94. The van der Waals surface area contributed by atoms with Crippen molar-refractivity contribution in [1.82, 2.24) is 19.5 Å². The van der Waals surface area contributed by atoms with E-state index in [1.54, 1.807) is 4.57 Å². The highest BCUT2D eigenvalue weighted by Crippen LogP contribution is 2.08. The molecule has 0 bridgehead atoms. The second-order valence-electron chi connectivity index (χ2n) is 5.44. The fourth-order valence-electron chi connectivity index (χ4n) is 2.24. The number of anilines is 1. The molecule has 2 aromatic heterocycles. The van der Waals surface area contributed by atoms with Crippen LogP contribution in [0, 0.1) is 0 Å². The first-order valence-electron chi connectivity index (χ1n) is 7.57. The lowest BCUT2D eigenvalue weighted by Crippen LogP contribution is -2.18. The fourth-order valence-corrected chi connectivity index (χ4v) is 2.24. The van der Waals surface area contributed by atoms with Gasteiger partial charge in [0.05, 0.1) is 25.6 Å². The van der Waals surface area contributed by atoms with E-state index < -0.39 is 0 Å². The molecule has 8 nitrogen and oxygen atoms in total. The summed E-state index contributed by atoms with van der Waals surface area (Å²) in [5, 5.41) is 0. The number of benzene rings is 1. The van der Waals surface area contributed by atoms with Crippen molar-refractivity contribution in [2.75, 3.05) is 12.3 Å². The Morgan fingerprint density at radius 2 is 2.12 bits per heavy atom. The number of aromatic nitrogens is 4. The Hall–Kier alpha value is -2.71. The van der Waals surface area contributed by atoms with Gasteiger partial charge in [-0.3, -0.25) is 14.3 Å². The minimum absolute atomic E-state index is 0.0495. The molecule has 1 unspecified atom stereocenters. The lowest BCUT2D eigenvalue weighted by molar-refractivity contribution is -0.0384. The van der Waals surface area contributed by atoms with E-state index in [0.717, 1.165) is 5.56 Å². The SMILES string of the molecule is CC(COCc1ccccc1)OCn1cnc2c(=O)[nH]c(N)nc21. The first kappa shape index (κ1) is 16.2. The molecule has 0 aliphatic rings. The highest BCUT2D eigenvalue weighted by Gasteiger charge is 2.10. The number of fused-ring (bicyclic) bond motifs is 1. The highest BCUT2D eigenvalue weighted by atomic mass is 16.5. The molecule has 8 heteroatoms. The summed E-state index contributed by atoms with van der Waals surface area (Å²) in [4.78, 5) is 22.2. The van der Waals surface area contributed by atoms with Gasteiger partial charge in [0.15, 0.2) is 11.2 Å². The summed E-state index contributed by atoms with van der Waals surface area (Å²) >= 11 is 0. The molecule has 3 aromatic rings. The summed E-state index contributed by atoms with van der Waals surface area (Å²) in [6.45, 7) is 3.12. The van der Waals surface area contributed by atoms with Gasteiger partial charge in [0, 0.05) is 0 Å². The highest BCUT2D eigenvalue weighted by molar-refractivity contribution is 5.70. The van der Waals surface area contributed by atoms with Gasteiger partial charge in [0.2, 0.25) is 5.95 Å². The van der Waals surface area contributed by atoms with Crippen LogP contribution in [0.4, 0.5) is 5.95 Å². The number of aromatic amines is 1. The summed E-state index contributed by atoms with van der Waals surface area (Å²) in [6.07, 6.45) is 1.38. The minimum Gasteiger partial charge on any atom is -0.374 e. The summed E-state index contributed by atoms with van der Waals surface area (Å²) in [5.74, 6) is 0.0495. The smallest absolute Gasteiger partial charge is 0.280 e. The van der Waals surface area contributed by atoms with E-state index in [1.165, 1.54) is 6.33 Å². The van der Waals surface area contributed by atoms with Crippen LogP contribution in [0.1, 0.15) is 12.5 Å². The molecule has 0 saturated carbocycles. The Labute approximate surface area is 138 Å². The van der Waals surface area contributed by atoms with Gasteiger partial charge in [-0.15, -0.1) is 0 Å². The van der Waals surface area contributed by atoms with E-state index in [0.29, 0.717) is 18.9 Å². The van der Waals surface area contributed by atoms with Crippen LogP contribution < -0.4 is 11.3 Å². The quantitative estimate of drug-likeness (QED) is 0.676. The van der Waals surface area contributed by atoms with Crippen LogP contribution in [-0.4, -0.2) is 32.2 Å². The van der Waals surface area contributed by atoms with Gasteiger partial charge in [-0.1, -0.05) is 30.3 Å². The summed E-state index contributed by atoms with van der Waals surface area (Å²) < 4.78 is 13.0. The third-order valence-corrected chi connectivity index (χ3v) is 3.46. The van der Waals surface area contributed by atoms with Crippen molar-refractivity contribution < 1.29 is 9.47 Å². The summed E-state index contributed by atoms with van der Waals surface area (Å²) in [7, 11) is 0. The van der Waals surface area contributed by atoms with Gasteiger partial charge in [-0.25, -0.2) is 4.98 Å². The summed E-state index contributed by atoms with van der Waals surface area (Å²) in [5.41, 5.74) is 6.94. The molecule has 1 atom stereocenters. The molecule has 0 spiro atoms. The van der Waals surface area contributed by atoms with E-state index >= 15 is 0 Å². The van der Waals surface area contributed by atoms with Crippen LogP contribution in [0.25, 0.3) is 11.2 Å². The molecular formula is C16H19N5O3. The molecule has 24 heavy (non-hydrogen) atoms.